The van der Waals surface area contributed by atoms with E-state index in [1.807, 2.05) is 12.1 Å². The van der Waals surface area contributed by atoms with E-state index in [1.165, 1.54) is 12.2 Å². The van der Waals surface area contributed by atoms with Gasteiger partial charge in [-0.3, -0.25) is 4.90 Å². The molecule has 0 spiro atoms. The Morgan fingerprint density at radius 2 is 1.88 bits per heavy atom. The van der Waals surface area contributed by atoms with Gasteiger partial charge in [-0.25, -0.2) is 0 Å². The molecule has 3 heteroatoms. The lowest BCUT2D eigenvalue weighted by atomic mass is 10.2. The lowest BCUT2D eigenvalue weighted by Gasteiger charge is -2.36. The van der Waals surface area contributed by atoms with Crippen molar-refractivity contribution in [3.8, 4) is 0 Å². The van der Waals surface area contributed by atoms with Crippen molar-refractivity contribution in [3.63, 3.8) is 0 Å². The van der Waals surface area contributed by atoms with E-state index in [2.05, 4.69) is 35.8 Å². The summed E-state index contributed by atoms with van der Waals surface area (Å²) >= 11 is 0. The Balaban J connectivity index is 1.91. The van der Waals surface area contributed by atoms with Crippen molar-refractivity contribution in [1.82, 2.24) is 4.90 Å². The third kappa shape index (κ3) is 3.37. The third-order valence-corrected chi connectivity index (χ3v) is 3.23. The summed E-state index contributed by atoms with van der Waals surface area (Å²) in [7, 11) is 0. The molecule has 1 aromatic carbocycles. The van der Waals surface area contributed by atoms with Gasteiger partial charge in [-0.15, -0.1) is 0 Å². The zero-order valence-corrected chi connectivity index (χ0v) is 10.9. The molecular formula is C14H23N3. The Morgan fingerprint density at radius 1 is 1.18 bits per heavy atom. The number of rotatable bonds is 3. The minimum atomic E-state index is 0.758. The van der Waals surface area contributed by atoms with Crippen LogP contribution in [-0.2, 0) is 0 Å². The van der Waals surface area contributed by atoms with Crippen LogP contribution in [0.2, 0.25) is 0 Å². The molecule has 1 fully saturated rings. The number of nitrogens with two attached hydrogens (primary N) is 1. The molecule has 1 saturated heterocycles. The standard InChI is InChI=1S/C14H23N3/c1-12(2)11-16-6-8-17(9-7-16)14-5-3-4-13(15)10-14/h3-5,10,12H,6-9,11,15H2,1-2H3. The van der Waals surface area contributed by atoms with Gasteiger partial charge in [-0.1, -0.05) is 19.9 Å². The Hall–Kier alpha value is -1.22. The molecule has 1 aliphatic heterocycles. The van der Waals surface area contributed by atoms with Crippen molar-refractivity contribution in [1.29, 1.82) is 0 Å². The number of nitrogens with zero attached hydrogens (tertiary/aromatic N) is 2. The van der Waals surface area contributed by atoms with E-state index < -0.39 is 0 Å². The first-order valence-corrected chi connectivity index (χ1v) is 6.48. The molecule has 1 aliphatic rings. The minimum Gasteiger partial charge on any atom is -0.399 e. The second kappa shape index (κ2) is 5.41. The fourth-order valence-corrected chi connectivity index (χ4v) is 2.43. The normalized spacial score (nSPS) is 17.7. The van der Waals surface area contributed by atoms with Gasteiger partial charge in [0.2, 0.25) is 0 Å². The van der Waals surface area contributed by atoms with Gasteiger partial charge in [0.15, 0.2) is 0 Å². The second-order valence-electron chi connectivity index (χ2n) is 5.28. The zero-order chi connectivity index (χ0) is 12.3. The molecule has 0 bridgehead atoms. The van der Waals surface area contributed by atoms with Crippen LogP contribution >= 0.6 is 0 Å². The topological polar surface area (TPSA) is 32.5 Å². The van der Waals surface area contributed by atoms with Crippen molar-refractivity contribution < 1.29 is 0 Å². The highest BCUT2D eigenvalue weighted by Crippen LogP contribution is 2.19. The van der Waals surface area contributed by atoms with E-state index in [-0.39, 0.29) is 0 Å². The first kappa shape index (κ1) is 12.2. The summed E-state index contributed by atoms with van der Waals surface area (Å²) in [5.74, 6) is 0.758. The Labute approximate surface area is 104 Å². The van der Waals surface area contributed by atoms with Gasteiger partial charge >= 0.3 is 0 Å². The SMILES string of the molecule is CC(C)CN1CCN(c2cccc(N)c2)CC1. The number of hydrogen-bond donors (Lipinski definition) is 1. The van der Waals surface area contributed by atoms with Gasteiger partial charge in [0.1, 0.15) is 0 Å². The molecule has 2 rings (SSSR count). The Kier molecular flexibility index (Phi) is 3.89. The maximum Gasteiger partial charge on any atom is 0.0387 e. The highest BCUT2D eigenvalue weighted by Gasteiger charge is 2.17. The van der Waals surface area contributed by atoms with E-state index in [1.54, 1.807) is 0 Å². The molecule has 3 nitrogen and oxygen atoms in total. The molecule has 0 aromatic heterocycles. The average molecular weight is 233 g/mol. The Bertz CT molecular complexity index is 354. The summed E-state index contributed by atoms with van der Waals surface area (Å²) in [6.07, 6.45) is 0. The van der Waals surface area contributed by atoms with Crippen LogP contribution in [0.1, 0.15) is 13.8 Å². The van der Waals surface area contributed by atoms with Crippen LogP contribution in [0.4, 0.5) is 11.4 Å². The van der Waals surface area contributed by atoms with Crippen LogP contribution in [0.3, 0.4) is 0 Å². The minimum absolute atomic E-state index is 0.758. The largest absolute Gasteiger partial charge is 0.399 e. The van der Waals surface area contributed by atoms with Gasteiger partial charge in [0.25, 0.3) is 0 Å². The Morgan fingerprint density at radius 3 is 2.47 bits per heavy atom. The molecule has 0 radical (unpaired) electrons. The highest BCUT2D eigenvalue weighted by atomic mass is 15.3. The van der Waals surface area contributed by atoms with Crippen molar-refractivity contribution >= 4 is 11.4 Å². The molecule has 0 unspecified atom stereocenters. The van der Waals surface area contributed by atoms with E-state index in [0.717, 1.165) is 37.8 Å². The maximum absolute atomic E-state index is 5.82. The van der Waals surface area contributed by atoms with Gasteiger partial charge in [-0.2, -0.15) is 0 Å². The molecule has 1 aromatic rings. The summed E-state index contributed by atoms with van der Waals surface area (Å²) in [5.41, 5.74) is 7.93. The quantitative estimate of drug-likeness (QED) is 0.811. The van der Waals surface area contributed by atoms with Crippen LogP contribution in [0.5, 0.6) is 0 Å². The van der Waals surface area contributed by atoms with Crippen LogP contribution in [0, 0.1) is 5.92 Å². The molecule has 17 heavy (non-hydrogen) atoms. The summed E-state index contributed by atoms with van der Waals surface area (Å²) in [6.45, 7) is 10.3. The monoisotopic (exact) mass is 233 g/mol. The molecule has 2 N–H and O–H groups in total. The average Bonchev–Trinajstić information content (AvgIpc) is 2.29. The molecule has 0 saturated carbocycles. The summed E-state index contributed by atoms with van der Waals surface area (Å²) in [5, 5.41) is 0. The zero-order valence-electron chi connectivity index (χ0n) is 10.9. The number of anilines is 2. The predicted molar refractivity (Wildman–Crippen MR) is 74.3 cm³/mol. The number of hydrogen-bond acceptors (Lipinski definition) is 3. The fourth-order valence-electron chi connectivity index (χ4n) is 2.43. The van der Waals surface area contributed by atoms with Crippen LogP contribution in [0.25, 0.3) is 0 Å². The smallest absolute Gasteiger partial charge is 0.0387 e. The van der Waals surface area contributed by atoms with Gasteiger partial charge < -0.3 is 10.6 Å². The number of piperazine rings is 1. The molecule has 94 valence electrons. The molecule has 0 atom stereocenters. The van der Waals surface area contributed by atoms with Gasteiger partial charge in [0, 0.05) is 44.1 Å². The van der Waals surface area contributed by atoms with Gasteiger partial charge in [0.05, 0.1) is 0 Å². The molecular weight excluding hydrogens is 210 g/mol. The summed E-state index contributed by atoms with van der Waals surface area (Å²) < 4.78 is 0. The van der Waals surface area contributed by atoms with Crippen molar-refractivity contribution in [3.05, 3.63) is 24.3 Å². The number of nitrogen functional groups attached to an aromatic ring is 1. The van der Waals surface area contributed by atoms with Crippen molar-refractivity contribution in [2.24, 2.45) is 5.92 Å². The lowest BCUT2D eigenvalue weighted by molar-refractivity contribution is 0.231. The maximum atomic E-state index is 5.82. The van der Waals surface area contributed by atoms with Crippen LogP contribution in [-0.4, -0.2) is 37.6 Å². The van der Waals surface area contributed by atoms with Crippen LogP contribution in [0.15, 0.2) is 24.3 Å². The lowest BCUT2D eigenvalue weighted by Crippen LogP contribution is -2.47. The number of benzene rings is 1. The predicted octanol–water partition coefficient (Wildman–Crippen LogP) is 2.05. The molecule has 0 amide bonds. The third-order valence-electron chi connectivity index (χ3n) is 3.23. The molecule has 0 aliphatic carbocycles. The second-order valence-corrected chi connectivity index (χ2v) is 5.28. The van der Waals surface area contributed by atoms with E-state index >= 15 is 0 Å². The summed E-state index contributed by atoms with van der Waals surface area (Å²) in [4.78, 5) is 4.97. The first-order valence-electron chi connectivity index (χ1n) is 6.48. The van der Waals surface area contributed by atoms with Crippen molar-refractivity contribution in [2.45, 2.75) is 13.8 Å². The van der Waals surface area contributed by atoms with Crippen molar-refractivity contribution in [2.75, 3.05) is 43.4 Å². The van der Waals surface area contributed by atoms with Gasteiger partial charge in [-0.05, 0) is 24.1 Å². The first-order chi connectivity index (χ1) is 8.15. The highest BCUT2D eigenvalue weighted by molar-refractivity contribution is 5.56. The van der Waals surface area contributed by atoms with Crippen LogP contribution < -0.4 is 10.6 Å². The fraction of sp³-hybridized carbons (Fsp3) is 0.571. The molecule has 1 heterocycles. The van der Waals surface area contributed by atoms with E-state index in [9.17, 15) is 0 Å². The van der Waals surface area contributed by atoms with E-state index in [4.69, 9.17) is 5.73 Å². The summed E-state index contributed by atoms with van der Waals surface area (Å²) in [6, 6.07) is 8.19. The van der Waals surface area contributed by atoms with E-state index in [0.29, 0.717) is 0 Å².